The van der Waals surface area contributed by atoms with E-state index in [1.165, 1.54) is 25.0 Å². The Morgan fingerprint density at radius 2 is 1.97 bits per heavy atom. The summed E-state index contributed by atoms with van der Waals surface area (Å²) in [6.07, 6.45) is 2.68. The number of halogens is 1. The first-order chi connectivity index (χ1) is 14.6. The number of nitrogens with one attached hydrogen (secondary N) is 1. The second-order valence-electron chi connectivity index (χ2n) is 8.41. The van der Waals surface area contributed by atoms with Gasteiger partial charge >= 0.3 is 0 Å². The lowest BCUT2D eigenvalue weighted by Gasteiger charge is -2.34. The maximum Gasteiger partial charge on any atom is 0.267 e. The highest BCUT2D eigenvalue weighted by molar-refractivity contribution is 6.00. The van der Waals surface area contributed by atoms with Crippen LogP contribution in [0.15, 0.2) is 48.5 Å². The molecular formula is C24H25FN4O. The summed E-state index contributed by atoms with van der Waals surface area (Å²) in [5.74, 6) is -0.0300. The zero-order valence-electron chi connectivity index (χ0n) is 16.8. The first-order valence-electron chi connectivity index (χ1n) is 10.5. The minimum atomic E-state index is -0.569. The van der Waals surface area contributed by atoms with Gasteiger partial charge in [0.15, 0.2) is 0 Å². The lowest BCUT2D eigenvalue weighted by molar-refractivity contribution is 0.0996. The number of nitrogens with two attached hydrogens (primary N) is 1. The Bertz CT molecular complexity index is 1090. The monoisotopic (exact) mass is 404 g/mol. The number of piperazine rings is 1. The van der Waals surface area contributed by atoms with Crippen molar-refractivity contribution in [3.05, 3.63) is 65.6 Å². The molecule has 1 saturated heterocycles. The highest BCUT2D eigenvalue weighted by Crippen LogP contribution is 2.34. The van der Waals surface area contributed by atoms with Gasteiger partial charge in [-0.25, -0.2) is 9.37 Å². The topological polar surface area (TPSA) is 71.2 Å². The fraction of sp³-hybridized carbons (Fsp3) is 0.333. The Morgan fingerprint density at radius 1 is 1.17 bits per heavy atom. The van der Waals surface area contributed by atoms with Crippen LogP contribution in [-0.2, 0) is 6.54 Å². The van der Waals surface area contributed by atoms with E-state index in [4.69, 9.17) is 5.73 Å². The van der Waals surface area contributed by atoms with Gasteiger partial charge in [0.1, 0.15) is 11.5 Å². The van der Waals surface area contributed by atoms with E-state index in [1.54, 1.807) is 18.2 Å². The fourth-order valence-corrected chi connectivity index (χ4v) is 4.43. The van der Waals surface area contributed by atoms with Crippen molar-refractivity contribution in [1.29, 1.82) is 0 Å². The Labute approximate surface area is 175 Å². The fourth-order valence-electron chi connectivity index (χ4n) is 4.43. The third kappa shape index (κ3) is 3.93. The SMILES string of the molecule is NC(=O)c1cc(-c2ccc(F)cc2)c2ccc(CN3CCNC(C4CC4)C3)cc2n1. The van der Waals surface area contributed by atoms with Crippen LogP contribution in [0.2, 0.25) is 0 Å². The molecule has 154 valence electrons. The van der Waals surface area contributed by atoms with Crippen LogP contribution in [0.5, 0.6) is 0 Å². The van der Waals surface area contributed by atoms with Crippen molar-refractivity contribution in [3.63, 3.8) is 0 Å². The number of amides is 1. The van der Waals surface area contributed by atoms with E-state index in [0.717, 1.165) is 59.7 Å². The molecule has 2 heterocycles. The number of primary amides is 1. The zero-order chi connectivity index (χ0) is 20.7. The second-order valence-corrected chi connectivity index (χ2v) is 8.41. The van der Waals surface area contributed by atoms with E-state index in [-0.39, 0.29) is 11.5 Å². The first kappa shape index (κ1) is 19.2. The molecule has 0 bridgehead atoms. The Balaban J connectivity index is 1.48. The third-order valence-electron chi connectivity index (χ3n) is 6.17. The van der Waals surface area contributed by atoms with Crippen LogP contribution in [0.1, 0.15) is 28.9 Å². The molecule has 1 saturated carbocycles. The molecule has 1 aliphatic carbocycles. The summed E-state index contributed by atoms with van der Waals surface area (Å²) in [4.78, 5) is 18.9. The van der Waals surface area contributed by atoms with E-state index < -0.39 is 5.91 Å². The van der Waals surface area contributed by atoms with Gasteiger partial charge < -0.3 is 11.1 Å². The lowest BCUT2D eigenvalue weighted by Crippen LogP contribution is -2.51. The van der Waals surface area contributed by atoms with Crippen LogP contribution < -0.4 is 11.1 Å². The maximum atomic E-state index is 13.4. The summed E-state index contributed by atoms with van der Waals surface area (Å²) in [6, 6.07) is 14.8. The summed E-state index contributed by atoms with van der Waals surface area (Å²) >= 11 is 0. The molecule has 1 aromatic heterocycles. The van der Waals surface area contributed by atoms with Crippen molar-refractivity contribution in [1.82, 2.24) is 15.2 Å². The van der Waals surface area contributed by atoms with Crippen molar-refractivity contribution in [2.45, 2.75) is 25.4 Å². The average molecular weight is 404 g/mol. The van der Waals surface area contributed by atoms with E-state index >= 15 is 0 Å². The summed E-state index contributed by atoms with van der Waals surface area (Å²) in [5.41, 5.74) is 9.31. The molecule has 2 aliphatic rings. The van der Waals surface area contributed by atoms with Crippen molar-refractivity contribution in [3.8, 4) is 11.1 Å². The van der Waals surface area contributed by atoms with Crippen molar-refractivity contribution in [2.24, 2.45) is 11.7 Å². The van der Waals surface area contributed by atoms with Crippen LogP contribution in [0.4, 0.5) is 4.39 Å². The molecule has 0 spiro atoms. The number of carbonyl (C=O) groups excluding carboxylic acids is 1. The molecule has 6 heteroatoms. The second kappa shape index (κ2) is 7.78. The molecule has 5 rings (SSSR count). The molecular weight excluding hydrogens is 379 g/mol. The number of benzene rings is 2. The van der Waals surface area contributed by atoms with E-state index in [0.29, 0.717) is 6.04 Å². The number of aromatic nitrogens is 1. The normalized spacial score (nSPS) is 19.8. The van der Waals surface area contributed by atoms with Crippen molar-refractivity contribution < 1.29 is 9.18 Å². The molecule has 1 aliphatic heterocycles. The molecule has 30 heavy (non-hydrogen) atoms. The molecule has 3 N–H and O–H groups in total. The van der Waals surface area contributed by atoms with Crippen LogP contribution >= 0.6 is 0 Å². The number of fused-ring (bicyclic) bond motifs is 1. The van der Waals surface area contributed by atoms with Gasteiger partial charge in [-0.3, -0.25) is 9.69 Å². The molecule has 0 radical (unpaired) electrons. The van der Waals surface area contributed by atoms with Crippen molar-refractivity contribution in [2.75, 3.05) is 19.6 Å². The average Bonchev–Trinajstić information content (AvgIpc) is 3.59. The third-order valence-corrected chi connectivity index (χ3v) is 6.17. The van der Waals surface area contributed by atoms with E-state index in [2.05, 4.69) is 21.3 Å². The van der Waals surface area contributed by atoms with E-state index in [1.807, 2.05) is 12.1 Å². The lowest BCUT2D eigenvalue weighted by atomic mass is 9.98. The Morgan fingerprint density at radius 3 is 2.70 bits per heavy atom. The molecule has 2 aromatic carbocycles. The maximum absolute atomic E-state index is 13.4. The highest BCUT2D eigenvalue weighted by Gasteiger charge is 2.33. The number of hydrogen-bond donors (Lipinski definition) is 2. The predicted molar refractivity (Wildman–Crippen MR) is 115 cm³/mol. The molecule has 1 atom stereocenters. The first-order valence-corrected chi connectivity index (χ1v) is 10.5. The largest absolute Gasteiger partial charge is 0.364 e. The molecule has 1 amide bonds. The number of hydrogen-bond acceptors (Lipinski definition) is 4. The minimum absolute atomic E-state index is 0.218. The Hall–Kier alpha value is -2.83. The van der Waals surface area contributed by atoms with Crippen LogP contribution in [-0.4, -0.2) is 41.5 Å². The predicted octanol–water partition coefficient (Wildman–Crippen LogP) is 3.32. The van der Waals surface area contributed by atoms with Gasteiger partial charge in [-0.15, -0.1) is 0 Å². The number of pyridine rings is 1. The Kier molecular flexibility index (Phi) is 4.97. The summed E-state index contributed by atoms with van der Waals surface area (Å²) < 4.78 is 13.4. The van der Waals surface area contributed by atoms with Crippen LogP contribution in [0.25, 0.3) is 22.0 Å². The van der Waals surface area contributed by atoms with Crippen molar-refractivity contribution >= 4 is 16.8 Å². The number of carbonyl (C=O) groups is 1. The zero-order valence-corrected chi connectivity index (χ0v) is 16.8. The smallest absolute Gasteiger partial charge is 0.267 e. The van der Waals surface area contributed by atoms with Crippen LogP contribution in [0.3, 0.4) is 0 Å². The molecule has 5 nitrogen and oxygen atoms in total. The van der Waals surface area contributed by atoms with Gasteiger partial charge in [0.25, 0.3) is 5.91 Å². The summed E-state index contributed by atoms with van der Waals surface area (Å²) in [6.45, 7) is 3.97. The van der Waals surface area contributed by atoms with Gasteiger partial charge in [0.2, 0.25) is 0 Å². The minimum Gasteiger partial charge on any atom is -0.364 e. The van der Waals surface area contributed by atoms with Gasteiger partial charge in [-0.1, -0.05) is 24.3 Å². The highest BCUT2D eigenvalue weighted by atomic mass is 19.1. The quantitative estimate of drug-likeness (QED) is 0.684. The summed E-state index contributed by atoms with van der Waals surface area (Å²) in [7, 11) is 0. The number of rotatable bonds is 5. The van der Waals surface area contributed by atoms with Gasteiger partial charge in [-0.05, 0) is 59.7 Å². The molecule has 1 unspecified atom stereocenters. The van der Waals surface area contributed by atoms with Gasteiger partial charge in [0, 0.05) is 37.6 Å². The standard InChI is InChI=1S/C24H25FN4O/c25-18-6-4-16(5-7-18)20-12-22(24(26)30)28-21-11-15(1-8-19(20)21)13-29-10-9-27-23(14-29)17-2-3-17/h1,4-8,11-12,17,23,27H,2-3,9-10,13-14H2,(H2,26,30). The number of nitrogens with zero attached hydrogens (tertiary/aromatic N) is 2. The van der Waals surface area contributed by atoms with Gasteiger partial charge in [0.05, 0.1) is 5.52 Å². The van der Waals surface area contributed by atoms with E-state index in [9.17, 15) is 9.18 Å². The molecule has 3 aromatic rings. The van der Waals surface area contributed by atoms with Gasteiger partial charge in [-0.2, -0.15) is 0 Å². The molecule has 2 fully saturated rings. The van der Waals surface area contributed by atoms with Crippen LogP contribution in [0, 0.1) is 11.7 Å². The summed E-state index contributed by atoms with van der Waals surface area (Å²) in [5, 5.41) is 4.57.